The Hall–Kier alpha value is -2.38. The minimum absolute atomic E-state index is 0.292. The zero-order valence-corrected chi connectivity index (χ0v) is 13.7. The Bertz CT molecular complexity index is 762. The minimum atomic E-state index is -4.35. The van der Waals surface area contributed by atoms with Gasteiger partial charge in [0.25, 0.3) is 0 Å². The third-order valence-corrected chi connectivity index (χ3v) is 4.98. The standard InChI is InChI=1S/C17H18F3N5/c1-11-6-21-8-16(23-11)25-5-4-12-9-24(10-14(12)25)15-3-2-13(7-22-15)17(18,19)20/h2-3,6-8,12,14H,4-5,9-10H2,1H3. The SMILES string of the molecule is Cc1cncc(N2CCC3CN(c4ccc(C(F)(F)F)cn4)CC32)n1. The van der Waals surface area contributed by atoms with Gasteiger partial charge in [-0.1, -0.05) is 0 Å². The minimum Gasteiger partial charge on any atom is -0.354 e. The summed E-state index contributed by atoms with van der Waals surface area (Å²) in [6.07, 6.45) is 1.09. The van der Waals surface area contributed by atoms with Crippen molar-refractivity contribution in [2.24, 2.45) is 5.92 Å². The van der Waals surface area contributed by atoms with Crippen molar-refractivity contribution in [3.63, 3.8) is 0 Å². The Morgan fingerprint density at radius 1 is 1.08 bits per heavy atom. The van der Waals surface area contributed by atoms with E-state index in [1.54, 1.807) is 12.4 Å². The summed E-state index contributed by atoms with van der Waals surface area (Å²) in [5.74, 6) is 1.93. The lowest BCUT2D eigenvalue weighted by Gasteiger charge is -2.26. The largest absolute Gasteiger partial charge is 0.417 e. The molecule has 2 aromatic rings. The van der Waals surface area contributed by atoms with Crippen LogP contribution in [0.25, 0.3) is 0 Å². The maximum absolute atomic E-state index is 12.7. The van der Waals surface area contributed by atoms with Gasteiger partial charge in [-0.25, -0.2) is 9.97 Å². The van der Waals surface area contributed by atoms with Gasteiger partial charge in [0.15, 0.2) is 0 Å². The molecule has 2 atom stereocenters. The van der Waals surface area contributed by atoms with E-state index >= 15 is 0 Å². The number of pyridine rings is 1. The Morgan fingerprint density at radius 3 is 2.60 bits per heavy atom. The smallest absolute Gasteiger partial charge is 0.354 e. The van der Waals surface area contributed by atoms with Crippen molar-refractivity contribution in [2.45, 2.75) is 25.6 Å². The molecule has 2 unspecified atom stereocenters. The summed E-state index contributed by atoms with van der Waals surface area (Å²) in [6.45, 7) is 4.39. The number of hydrogen-bond donors (Lipinski definition) is 0. The molecule has 2 saturated heterocycles. The summed E-state index contributed by atoms with van der Waals surface area (Å²) in [5, 5.41) is 0. The van der Waals surface area contributed by atoms with Crippen molar-refractivity contribution in [1.29, 1.82) is 0 Å². The molecule has 0 bridgehead atoms. The molecule has 5 nitrogen and oxygen atoms in total. The number of alkyl halides is 3. The lowest BCUT2D eigenvalue weighted by molar-refractivity contribution is -0.137. The molecular weight excluding hydrogens is 331 g/mol. The van der Waals surface area contributed by atoms with Crippen LogP contribution in [-0.2, 0) is 6.18 Å². The van der Waals surface area contributed by atoms with Gasteiger partial charge in [0.1, 0.15) is 11.6 Å². The van der Waals surface area contributed by atoms with Gasteiger partial charge in [0, 0.05) is 37.9 Å². The Labute approximate surface area is 143 Å². The Kier molecular flexibility index (Phi) is 3.77. The molecule has 0 saturated carbocycles. The number of halogens is 3. The van der Waals surface area contributed by atoms with Crippen molar-refractivity contribution in [3.05, 3.63) is 42.0 Å². The van der Waals surface area contributed by atoms with Gasteiger partial charge in [-0.3, -0.25) is 4.98 Å². The van der Waals surface area contributed by atoms with Gasteiger partial charge in [0.2, 0.25) is 0 Å². The summed E-state index contributed by atoms with van der Waals surface area (Å²) in [5.41, 5.74) is 0.160. The normalized spacial score (nSPS) is 23.2. The Morgan fingerprint density at radius 2 is 1.92 bits per heavy atom. The summed E-state index contributed by atoms with van der Waals surface area (Å²) in [7, 11) is 0. The number of rotatable bonds is 2. The first-order valence-corrected chi connectivity index (χ1v) is 8.25. The third kappa shape index (κ3) is 3.01. The van der Waals surface area contributed by atoms with E-state index in [2.05, 4.69) is 24.8 Å². The number of anilines is 2. The molecule has 0 N–H and O–H groups in total. The van der Waals surface area contributed by atoms with E-state index in [0.29, 0.717) is 17.8 Å². The van der Waals surface area contributed by atoms with Crippen LogP contribution in [0, 0.1) is 12.8 Å². The van der Waals surface area contributed by atoms with E-state index in [1.807, 2.05) is 6.92 Å². The van der Waals surface area contributed by atoms with Crippen LogP contribution in [-0.4, -0.2) is 40.6 Å². The van der Waals surface area contributed by atoms with E-state index in [9.17, 15) is 13.2 Å². The van der Waals surface area contributed by atoms with Crippen LogP contribution in [0.3, 0.4) is 0 Å². The van der Waals surface area contributed by atoms with Gasteiger partial charge < -0.3 is 9.80 Å². The second-order valence-electron chi connectivity index (χ2n) is 6.64. The van der Waals surface area contributed by atoms with Crippen molar-refractivity contribution in [3.8, 4) is 0 Å². The van der Waals surface area contributed by atoms with E-state index in [4.69, 9.17) is 0 Å². The topological polar surface area (TPSA) is 45.2 Å². The fourth-order valence-corrected chi connectivity index (χ4v) is 3.76. The van der Waals surface area contributed by atoms with E-state index < -0.39 is 11.7 Å². The molecule has 4 rings (SSSR count). The molecule has 25 heavy (non-hydrogen) atoms. The first-order chi connectivity index (χ1) is 11.9. The lowest BCUT2D eigenvalue weighted by atomic mass is 10.1. The molecule has 8 heteroatoms. The zero-order valence-electron chi connectivity index (χ0n) is 13.7. The number of aryl methyl sites for hydroxylation is 1. The van der Waals surface area contributed by atoms with Crippen molar-refractivity contribution in [1.82, 2.24) is 15.0 Å². The predicted octanol–water partition coefficient (Wildman–Crippen LogP) is 2.91. The van der Waals surface area contributed by atoms with Crippen molar-refractivity contribution in [2.75, 3.05) is 29.4 Å². The maximum atomic E-state index is 12.7. The third-order valence-electron chi connectivity index (χ3n) is 4.98. The molecule has 0 aromatic carbocycles. The second-order valence-corrected chi connectivity index (χ2v) is 6.64. The van der Waals surface area contributed by atoms with Gasteiger partial charge >= 0.3 is 6.18 Å². The fourth-order valence-electron chi connectivity index (χ4n) is 3.76. The van der Waals surface area contributed by atoms with Crippen LogP contribution in [0.2, 0.25) is 0 Å². The van der Waals surface area contributed by atoms with Crippen LogP contribution in [0.4, 0.5) is 24.8 Å². The van der Waals surface area contributed by atoms with Crippen molar-refractivity contribution >= 4 is 11.6 Å². The molecule has 0 amide bonds. The molecular formula is C17H18F3N5. The monoisotopic (exact) mass is 349 g/mol. The summed E-state index contributed by atoms with van der Waals surface area (Å²) >= 11 is 0. The predicted molar refractivity (Wildman–Crippen MR) is 87.5 cm³/mol. The zero-order chi connectivity index (χ0) is 17.6. The highest BCUT2D eigenvalue weighted by Crippen LogP contribution is 2.36. The maximum Gasteiger partial charge on any atom is 0.417 e. The second kappa shape index (κ2) is 5.86. The molecule has 2 aromatic heterocycles. The highest BCUT2D eigenvalue weighted by molar-refractivity contribution is 5.47. The lowest BCUT2D eigenvalue weighted by Crippen LogP contribution is -2.36. The fraction of sp³-hybridized carbons (Fsp3) is 0.471. The molecule has 2 aliphatic rings. The summed E-state index contributed by atoms with van der Waals surface area (Å²) in [6, 6.07) is 2.85. The number of hydrogen-bond acceptors (Lipinski definition) is 5. The number of aromatic nitrogens is 3. The molecule has 0 spiro atoms. The van der Waals surface area contributed by atoms with Crippen LogP contribution < -0.4 is 9.80 Å². The molecule has 2 fully saturated rings. The van der Waals surface area contributed by atoms with Crippen molar-refractivity contribution < 1.29 is 13.2 Å². The molecule has 4 heterocycles. The van der Waals surface area contributed by atoms with Crippen LogP contribution in [0.15, 0.2) is 30.7 Å². The van der Waals surface area contributed by atoms with Gasteiger partial charge in [-0.05, 0) is 25.5 Å². The van der Waals surface area contributed by atoms with E-state index in [-0.39, 0.29) is 0 Å². The van der Waals surface area contributed by atoms with Gasteiger partial charge in [-0.2, -0.15) is 13.2 Å². The Balaban J connectivity index is 1.51. The first kappa shape index (κ1) is 16.1. The van der Waals surface area contributed by atoms with E-state index in [0.717, 1.165) is 49.8 Å². The number of fused-ring (bicyclic) bond motifs is 1. The highest BCUT2D eigenvalue weighted by atomic mass is 19.4. The summed E-state index contributed by atoms with van der Waals surface area (Å²) in [4.78, 5) is 17.1. The molecule has 2 aliphatic heterocycles. The van der Waals surface area contributed by atoms with Crippen LogP contribution in [0.5, 0.6) is 0 Å². The summed E-state index contributed by atoms with van der Waals surface area (Å²) < 4.78 is 38.0. The molecule has 0 aliphatic carbocycles. The average molecular weight is 349 g/mol. The number of nitrogens with zero attached hydrogens (tertiary/aromatic N) is 5. The van der Waals surface area contributed by atoms with Gasteiger partial charge in [-0.15, -0.1) is 0 Å². The van der Waals surface area contributed by atoms with E-state index in [1.165, 1.54) is 6.07 Å². The molecule has 0 radical (unpaired) electrons. The quantitative estimate of drug-likeness (QED) is 0.834. The highest BCUT2D eigenvalue weighted by Gasteiger charge is 2.42. The average Bonchev–Trinajstić information content (AvgIpc) is 3.14. The molecule has 132 valence electrons. The van der Waals surface area contributed by atoms with Crippen LogP contribution >= 0.6 is 0 Å². The van der Waals surface area contributed by atoms with Gasteiger partial charge in [0.05, 0.1) is 23.5 Å². The first-order valence-electron chi connectivity index (χ1n) is 8.25. The van der Waals surface area contributed by atoms with Crippen LogP contribution in [0.1, 0.15) is 17.7 Å².